The zero-order valence-electron chi connectivity index (χ0n) is 11.0. The van der Waals surface area contributed by atoms with Crippen molar-refractivity contribution in [1.82, 2.24) is 10.2 Å². The maximum Gasteiger partial charge on any atom is 0.249 e. The second kappa shape index (κ2) is 5.09. The van der Waals surface area contributed by atoms with Crippen LogP contribution in [0.5, 0.6) is 0 Å². The van der Waals surface area contributed by atoms with Gasteiger partial charge in [-0.1, -0.05) is 0 Å². The predicted molar refractivity (Wildman–Crippen MR) is 68.2 cm³/mol. The number of ether oxygens (including phenoxy) is 1. The third-order valence-corrected chi connectivity index (χ3v) is 4.16. The Morgan fingerprint density at radius 2 is 2.16 bits per heavy atom. The molecule has 3 N–H and O–H groups in total. The number of nitrogens with one attached hydrogen (secondary N) is 1. The minimum Gasteiger partial charge on any atom is -0.364 e. The van der Waals surface area contributed by atoms with E-state index in [0.717, 1.165) is 25.7 Å². The number of likely N-dealkylation sites (tertiary alicyclic amines) is 1. The summed E-state index contributed by atoms with van der Waals surface area (Å²) in [6.45, 7) is 1.11. The molecule has 6 nitrogen and oxygen atoms in total. The Labute approximate surface area is 112 Å². The van der Waals surface area contributed by atoms with E-state index in [1.165, 1.54) is 0 Å². The van der Waals surface area contributed by atoms with E-state index in [4.69, 9.17) is 10.5 Å². The molecule has 3 aliphatic rings. The highest BCUT2D eigenvalue weighted by Crippen LogP contribution is 2.30. The number of carbonyl (C=O) groups is 2. The third kappa shape index (κ3) is 2.74. The number of hydrogen-bond donors (Lipinski definition) is 2. The van der Waals surface area contributed by atoms with E-state index in [-0.39, 0.29) is 24.0 Å². The van der Waals surface area contributed by atoms with Gasteiger partial charge in [0.15, 0.2) is 0 Å². The monoisotopic (exact) mass is 267 g/mol. The zero-order chi connectivity index (χ0) is 13.4. The lowest BCUT2D eigenvalue weighted by molar-refractivity contribution is -0.132. The molecule has 0 spiro atoms. The first-order valence-electron chi connectivity index (χ1n) is 7.12. The molecule has 0 aromatic rings. The van der Waals surface area contributed by atoms with Crippen LogP contribution in [0, 0.1) is 0 Å². The second-order valence-corrected chi connectivity index (χ2v) is 5.75. The Hall–Kier alpha value is -1.14. The third-order valence-electron chi connectivity index (χ3n) is 4.16. The van der Waals surface area contributed by atoms with Gasteiger partial charge in [0.1, 0.15) is 6.10 Å². The molecule has 0 aromatic heterocycles. The summed E-state index contributed by atoms with van der Waals surface area (Å²) >= 11 is 0. The number of hydrogen-bond acceptors (Lipinski definition) is 4. The van der Waals surface area contributed by atoms with Crippen molar-refractivity contribution in [3.63, 3.8) is 0 Å². The summed E-state index contributed by atoms with van der Waals surface area (Å²) in [7, 11) is 0. The molecule has 1 unspecified atom stereocenters. The molecule has 2 heterocycles. The lowest BCUT2D eigenvalue weighted by Crippen LogP contribution is -2.43. The Morgan fingerprint density at radius 3 is 2.79 bits per heavy atom. The molecule has 0 aromatic carbocycles. The van der Waals surface area contributed by atoms with Gasteiger partial charge in [0.05, 0.1) is 12.1 Å². The van der Waals surface area contributed by atoms with Crippen molar-refractivity contribution in [2.45, 2.75) is 56.4 Å². The van der Waals surface area contributed by atoms with Gasteiger partial charge in [-0.2, -0.15) is 0 Å². The van der Waals surface area contributed by atoms with Crippen molar-refractivity contribution < 1.29 is 14.3 Å². The highest BCUT2D eigenvalue weighted by atomic mass is 16.5. The van der Waals surface area contributed by atoms with Crippen LogP contribution in [-0.2, 0) is 14.3 Å². The largest absolute Gasteiger partial charge is 0.364 e. The number of rotatable bonds is 4. The van der Waals surface area contributed by atoms with Crippen LogP contribution in [0.1, 0.15) is 32.1 Å². The van der Waals surface area contributed by atoms with Crippen molar-refractivity contribution in [2.75, 3.05) is 13.1 Å². The summed E-state index contributed by atoms with van der Waals surface area (Å²) in [5, 5.41) is 2.94. The van der Waals surface area contributed by atoms with Crippen LogP contribution in [-0.4, -0.2) is 54.1 Å². The molecular weight excluding hydrogens is 246 g/mol. The molecule has 2 saturated heterocycles. The molecule has 0 bridgehead atoms. The van der Waals surface area contributed by atoms with Crippen LogP contribution >= 0.6 is 0 Å². The summed E-state index contributed by atoms with van der Waals surface area (Å²) in [5.41, 5.74) is 5.53. The molecule has 6 heteroatoms. The van der Waals surface area contributed by atoms with Crippen LogP contribution < -0.4 is 11.1 Å². The molecule has 3 rings (SSSR count). The van der Waals surface area contributed by atoms with Crippen molar-refractivity contribution >= 4 is 11.8 Å². The fourth-order valence-electron chi connectivity index (χ4n) is 2.93. The molecule has 1 saturated carbocycles. The standard InChI is InChI=1S/C13H21N3O3/c14-6-10-3-4-11(19-10)13(18)15-8-5-12(17)16(7-8)9-1-2-9/h8-11H,1-7,14H2,(H,15,18)/t8?,10-,11+/m1/s1. The van der Waals surface area contributed by atoms with Crippen LogP contribution in [0.4, 0.5) is 0 Å². The van der Waals surface area contributed by atoms with E-state index in [1.54, 1.807) is 0 Å². The van der Waals surface area contributed by atoms with Gasteiger partial charge >= 0.3 is 0 Å². The van der Waals surface area contributed by atoms with Gasteiger partial charge in [-0.25, -0.2) is 0 Å². The highest BCUT2D eigenvalue weighted by molar-refractivity contribution is 5.84. The van der Waals surface area contributed by atoms with Crippen molar-refractivity contribution in [2.24, 2.45) is 5.73 Å². The number of carbonyl (C=O) groups excluding carboxylic acids is 2. The van der Waals surface area contributed by atoms with Crippen LogP contribution in [0.15, 0.2) is 0 Å². The maximum atomic E-state index is 12.1. The van der Waals surface area contributed by atoms with Gasteiger partial charge in [-0.05, 0) is 25.7 Å². The Bertz CT molecular complexity index is 383. The zero-order valence-corrected chi connectivity index (χ0v) is 11.0. The van der Waals surface area contributed by atoms with Gasteiger partial charge in [0.25, 0.3) is 0 Å². The fraction of sp³-hybridized carbons (Fsp3) is 0.846. The average molecular weight is 267 g/mol. The fourth-order valence-corrected chi connectivity index (χ4v) is 2.93. The van der Waals surface area contributed by atoms with E-state index in [1.807, 2.05) is 4.90 Å². The molecule has 2 amide bonds. The SMILES string of the molecule is NC[C@H]1CC[C@@H](C(=O)NC2CC(=O)N(C3CC3)C2)O1. The Balaban J connectivity index is 1.49. The van der Waals surface area contributed by atoms with Gasteiger partial charge in [-0.15, -0.1) is 0 Å². The summed E-state index contributed by atoms with van der Waals surface area (Å²) in [6, 6.07) is 0.375. The first-order valence-corrected chi connectivity index (χ1v) is 7.12. The second-order valence-electron chi connectivity index (χ2n) is 5.75. The highest BCUT2D eigenvalue weighted by Gasteiger charge is 2.40. The van der Waals surface area contributed by atoms with Crippen molar-refractivity contribution in [1.29, 1.82) is 0 Å². The minimum atomic E-state index is -0.390. The minimum absolute atomic E-state index is 0.00363. The average Bonchev–Trinajstić information content (AvgIpc) is 2.99. The number of nitrogens with zero attached hydrogens (tertiary/aromatic N) is 1. The van der Waals surface area contributed by atoms with E-state index < -0.39 is 6.10 Å². The molecule has 3 fully saturated rings. The molecule has 19 heavy (non-hydrogen) atoms. The Kier molecular flexibility index (Phi) is 3.45. The first kappa shape index (κ1) is 12.9. The van der Waals surface area contributed by atoms with Crippen LogP contribution in [0.25, 0.3) is 0 Å². The van der Waals surface area contributed by atoms with E-state index in [0.29, 0.717) is 25.6 Å². The van der Waals surface area contributed by atoms with Gasteiger partial charge in [0.2, 0.25) is 11.8 Å². The van der Waals surface area contributed by atoms with E-state index in [9.17, 15) is 9.59 Å². The quantitative estimate of drug-likeness (QED) is 0.710. The predicted octanol–water partition coefficient (Wildman–Crippen LogP) is -0.628. The molecular formula is C13H21N3O3. The molecule has 0 radical (unpaired) electrons. The Morgan fingerprint density at radius 1 is 1.37 bits per heavy atom. The summed E-state index contributed by atoms with van der Waals surface area (Å²) in [5.74, 6) is 0.0753. The molecule has 2 aliphatic heterocycles. The lowest BCUT2D eigenvalue weighted by Gasteiger charge is -2.18. The van der Waals surface area contributed by atoms with Crippen molar-refractivity contribution in [3.05, 3.63) is 0 Å². The van der Waals surface area contributed by atoms with Crippen molar-refractivity contribution in [3.8, 4) is 0 Å². The number of nitrogens with two attached hydrogens (primary N) is 1. The van der Waals surface area contributed by atoms with Gasteiger partial charge < -0.3 is 20.7 Å². The summed E-state index contributed by atoms with van der Waals surface area (Å²) < 4.78 is 5.56. The molecule has 3 atom stereocenters. The first-order chi connectivity index (χ1) is 9.17. The van der Waals surface area contributed by atoms with Gasteiger partial charge in [-0.3, -0.25) is 9.59 Å². The van der Waals surface area contributed by atoms with Gasteiger partial charge in [0, 0.05) is 25.6 Å². The maximum absolute atomic E-state index is 12.1. The number of amides is 2. The molecule has 106 valence electrons. The normalized spacial score (nSPS) is 34.9. The lowest BCUT2D eigenvalue weighted by atomic mass is 10.1. The van der Waals surface area contributed by atoms with E-state index >= 15 is 0 Å². The van der Waals surface area contributed by atoms with Crippen LogP contribution in [0.3, 0.4) is 0 Å². The molecule has 1 aliphatic carbocycles. The topological polar surface area (TPSA) is 84.7 Å². The summed E-state index contributed by atoms with van der Waals surface area (Å²) in [4.78, 5) is 25.8. The smallest absolute Gasteiger partial charge is 0.249 e. The van der Waals surface area contributed by atoms with E-state index in [2.05, 4.69) is 5.32 Å². The van der Waals surface area contributed by atoms with Crippen LogP contribution in [0.2, 0.25) is 0 Å². The summed E-state index contributed by atoms with van der Waals surface area (Å²) in [6.07, 6.45) is 3.82.